The predicted molar refractivity (Wildman–Crippen MR) is 75.6 cm³/mol. The van der Waals surface area contributed by atoms with E-state index in [1.165, 1.54) is 0 Å². The van der Waals surface area contributed by atoms with Crippen LogP contribution in [0.25, 0.3) is 0 Å². The van der Waals surface area contributed by atoms with Crippen LogP contribution in [0.2, 0.25) is 0 Å². The van der Waals surface area contributed by atoms with Crippen LogP contribution in [0.5, 0.6) is 0 Å². The maximum Gasteiger partial charge on any atom is 0.244 e. The summed E-state index contributed by atoms with van der Waals surface area (Å²) in [7, 11) is 3.57. The van der Waals surface area contributed by atoms with E-state index in [-0.39, 0.29) is 11.9 Å². The third-order valence-electron chi connectivity index (χ3n) is 2.96. The Hall–Kier alpha value is -1.55. The fourth-order valence-electron chi connectivity index (χ4n) is 1.93. The van der Waals surface area contributed by atoms with Gasteiger partial charge in [0, 0.05) is 26.3 Å². The molecular weight excluding hydrogens is 226 g/mol. The van der Waals surface area contributed by atoms with E-state index in [1.54, 1.807) is 19.0 Å². The van der Waals surface area contributed by atoms with Gasteiger partial charge in [0.2, 0.25) is 5.91 Å². The Bertz CT molecular complexity index is 365. The molecule has 4 nitrogen and oxygen atoms in total. The molecule has 2 N–H and O–H groups in total. The number of carbonyl (C=O) groups excluding carboxylic acids is 1. The Morgan fingerprint density at radius 3 is 2.39 bits per heavy atom. The molecule has 1 rings (SSSR count). The highest BCUT2D eigenvalue weighted by atomic mass is 16.2. The average Bonchev–Trinajstić information content (AvgIpc) is 2.39. The van der Waals surface area contributed by atoms with Crippen LogP contribution in [-0.4, -0.2) is 44.0 Å². The summed E-state index contributed by atoms with van der Waals surface area (Å²) in [6.07, 6.45) is 0.875. The maximum atomic E-state index is 12.1. The van der Waals surface area contributed by atoms with E-state index in [9.17, 15) is 4.79 Å². The van der Waals surface area contributed by atoms with Gasteiger partial charge in [-0.3, -0.25) is 4.79 Å². The van der Waals surface area contributed by atoms with Gasteiger partial charge in [0.15, 0.2) is 0 Å². The summed E-state index contributed by atoms with van der Waals surface area (Å²) in [6, 6.07) is 9.82. The number of rotatable bonds is 6. The Balaban J connectivity index is 2.88. The number of hydrogen-bond donors (Lipinski definition) is 1. The molecule has 100 valence electrons. The largest absolute Gasteiger partial charge is 0.360 e. The molecule has 0 saturated carbocycles. The highest BCUT2D eigenvalue weighted by Crippen LogP contribution is 2.17. The molecule has 4 heteroatoms. The lowest BCUT2D eigenvalue weighted by Crippen LogP contribution is -2.45. The van der Waals surface area contributed by atoms with Crippen molar-refractivity contribution < 1.29 is 4.79 Å². The van der Waals surface area contributed by atoms with Gasteiger partial charge in [0.25, 0.3) is 0 Å². The second-order valence-electron chi connectivity index (χ2n) is 4.58. The van der Waals surface area contributed by atoms with Crippen LogP contribution >= 0.6 is 0 Å². The van der Waals surface area contributed by atoms with Crippen molar-refractivity contribution in [1.82, 2.24) is 4.90 Å². The first-order valence-electron chi connectivity index (χ1n) is 6.31. The Morgan fingerprint density at radius 1 is 1.28 bits per heavy atom. The van der Waals surface area contributed by atoms with Gasteiger partial charge in [-0.2, -0.15) is 0 Å². The SMILES string of the molecule is CC(C(=O)N(C)C)N(CCCN)c1ccccc1. The number of benzene rings is 1. The summed E-state index contributed by atoms with van der Waals surface area (Å²) in [5, 5.41) is 0. The minimum absolute atomic E-state index is 0.107. The quantitative estimate of drug-likeness (QED) is 0.827. The number of para-hydroxylation sites is 1. The lowest BCUT2D eigenvalue weighted by molar-refractivity contribution is -0.129. The van der Waals surface area contributed by atoms with E-state index < -0.39 is 0 Å². The minimum atomic E-state index is -0.172. The van der Waals surface area contributed by atoms with Gasteiger partial charge in [-0.25, -0.2) is 0 Å². The Kier molecular flexibility index (Phi) is 5.65. The third-order valence-corrected chi connectivity index (χ3v) is 2.96. The molecule has 18 heavy (non-hydrogen) atoms. The van der Waals surface area contributed by atoms with E-state index in [2.05, 4.69) is 4.90 Å². The molecule has 1 aromatic carbocycles. The van der Waals surface area contributed by atoms with Crippen molar-refractivity contribution in [2.24, 2.45) is 5.73 Å². The molecule has 0 spiro atoms. The van der Waals surface area contributed by atoms with E-state index in [0.717, 1.165) is 18.7 Å². The van der Waals surface area contributed by atoms with Crippen LogP contribution < -0.4 is 10.6 Å². The number of carbonyl (C=O) groups is 1. The molecular formula is C14H23N3O. The first kappa shape index (κ1) is 14.5. The number of hydrogen-bond acceptors (Lipinski definition) is 3. The fourth-order valence-corrected chi connectivity index (χ4v) is 1.93. The highest BCUT2D eigenvalue weighted by Gasteiger charge is 2.22. The molecule has 0 fully saturated rings. The number of nitrogens with two attached hydrogens (primary N) is 1. The first-order chi connectivity index (χ1) is 8.57. The van der Waals surface area contributed by atoms with E-state index >= 15 is 0 Å². The monoisotopic (exact) mass is 249 g/mol. The van der Waals surface area contributed by atoms with Crippen molar-refractivity contribution in [2.45, 2.75) is 19.4 Å². The number of amides is 1. The molecule has 0 heterocycles. The lowest BCUT2D eigenvalue weighted by Gasteiger charge is -2.32. The average molecular weight is 249 g/mol. The smallest absolute Gasteiger partial charge is 0.244 e. The molecule has 0 aliphatic heterocycles. The fraction of sp³-hybridized carbons (Fsp3) is 0.500. The van der Waals surface area contributed by atoms with Crippen molar-refractivity contribution in [2.75, 3.05) is 32.1 Å². The van der Waals surface area contributed by atoms with Crippen molar-refractivity contribution >= 4 is 11.6 Å². The zero-order chi connectivity index (χ0) is 13.5. The van der Waals surface area contributed by atoms with Crippen LogP contribution in [0, 0.1) is 0 Å². The molecule has 0 radical (unpaired) electrons. The highest BCUT2D eigenvalue weighted by molar-refractivity contribution is 5.84. The van der Waals surface area contributed by atoms with Gasteiger partial charge >= 0.3 is 0 Å². The molecule has 0 bridgehead atoms. The molecule has 1 atom stereocenters. The van der Waals surface area contributed by atoms with Gasteiger partial charge in [-0.1, -0.05) is 18.2 Å². The van der Waals surface area contributed by atoms with Gasteiger partial charge in [0.1, 0.15) is 6.04 Å². The standard InChI is InChI=1S/C14H23N3O/c1-12(14(18)16(2)3)17(11-7-10-15)13-8-5-4-6-9-13/h4-6,8-9,12H,7,10-11,15H2,1-3H3. The van der Waals surface area contributed by atoms with Gasteiger partial charge in [0.05, 0.1) is 0 Å². The van der Waals surface area contributed by atoms with Gasteiger partial charge < -0.3 is 15.5 Å². The summed E-state index contributed by atoms with van der Waals surface area (Å²) in [5.74, 6) is 0.107. The minimum Gasteiger partial charge on any atom is -0.360 e. The van der Waals surface area contributed by atoms with Crippen LogP contribution in [-0.2, 0) is 4.79 Å². The molecule has 0 saturated heterocycles. The van der Waals surface area contributed by atoms with Crippen molar-refractivity contribution in [3.8, 4) is 0 Å². The summed E-state index contributed by atoms with van der Waals surface area (Å²) in [4.78, 5) is 15.8. The van der Waals surface area contributed by atoms with E-state index in [1.807, 2.05) is 37.3 Å². The van der Waals surface area contributed by atoms with Crippen LogP contribution in [0.3, 0.4) is 0 Å². The molecule has 0 aliphatic rings. The summed E-state index contributed by atoms with van der Waals surface area (Å²) >= 11 is 0. The van der Waals surface area contributed by atoms with Crippen molar-refractivity contribution in [1.29, 1.82) is 0 Å². The Labute approximate surface area is 109 Å². The van der Waals surface area contributed by atoms with Crippen LogP contribution in [0.15, 0.2) is 30.3 Å². The molecule has 1 aromatic rings. The first-order valence-corrected chi connectivity index (χ1v) is 6.31. The van der Waals surface area contributed by atoms with Gasteiger partial charge in [-0.05, 0) is 32.0 Å². The number of nitrogens with zero attached hydrogens (tertiary/aromatic N) is 2. The zero-order valence-electron chi connectivity index (χ0n) is 11.5. The van der Waals surface area contributed by atoms with Crippen molar-refractivity contribution in [3.05, 3.63) is 30.3 Å². The second-order valence-corrected chi connectivity index (χ2v) is 4.58. The number of likely N-dealkylation sites (N-methyl/N-ethyl adjacent to an activating group) is 1. The van der Waals surface area contributed by atoms with E-state index in [0.29, 0.717) is 6.54 Å². The van der Waals surface area contributed by atoms with E-state index in [4.69, 9.17) is 5.73 Å². The van der Waals surface area contributed by atoms with Gasteiger partial charge in [-0.15, -0.1) is 0 Å². The third kappa shape index (κ3) is 3.74. The molecule has 0 aliphatic carbocycles. The maximum absolute atomic E-state index is 12.1. The second kappa shape index (κ2) is 7.01. The lowest BCUT2D eigenvalue weighted by atomic mass is 10.2. The summed E-state index contributed by atoms with van der Waals surface area (Å²) < 4.78 is 0. The molecule has 1 amide bonds. The van der Waals surface area contributed by atoms with Crippen LogP contribution in [0.1, 0.15) is 13.3 Å². The molecule has 0 aromatic heterocycles. The summed E-state index contributed by atoms with van der Waals surface area (Å²) in [5.41, 5.74) is 6.63. The normalized spacial score (nSPS) is 12.0. The molecule has 1 unspecified atom stereocenters. The zero-order valence-corrected chi connectivity index (χ0v) is 11.5. The summed E-state index contributed by atoms with van der Waals surface area (Å²) in [6.45, 7) is 3.36. The topological polar surface area (TPSA) is 49.6 Å². The Morgan fingerprint density at radius 2 is 1.89 bits per heavy atom. The van der Waals surface area contributed by atoms with Crippen molar-refractivity contribution in [3.63, 3.8) is 0 Å². The predicted octanol–water partition coefficient (Wildman–Crippen LogP) is 1.32. The number of anilines is 1. The van der Waals surface area contributed by atoms with Crippen LogP contribution in [0.4, 0.5) is 5.69 Å².